The maximum absolute atomic E-state index is 9.75. The molecule has 0 saturated heterocycles. The van der Waals surface area contributed by atoms with E-state index in [-0.39, 0.29) is 12.0 Å². The Labute approximate surface area is 126 Å². The van der Waals surface area contributed by atoms with E-state index in [4.69, 9.17) is 16.3 Å². The van der Waals surface area contributed by atoms with Crippen LogP contribution in [0, 0.1) is 12.3 Å². The van der Waals surface area contributed by atoms with Gasteiger partial charge in [0.25, 0.3) is 0 Å². The molecule has 0 spiro atoms. The smallest absolute Gasteiger partial charge is 0.143 e. The van der Waals surface area contributed by atoms with Gasteiger partial charge in [0.15, 0.2) is 0 Å². The topological polar surface area (TPSA) is 41.5 Å². The zero-order valence-electron chi connectivity index (χ0n) is 12.3. The summed E-state index contributed by atoms with van der Waals surface area (Å²) < 4.78 is 5.38. The van der Waals surface area contributed by atoms with Crippen molar-refractivity contribution in [1.82, 2.24) is 0 Å². The summed E-state index contributed by atoms with van der Waals surface area (Å²) in [5.41, 5.74) is 1.99. The van der Waals surface area contributed by atoms with Gasteiger partial charge in [-0.3, -0.25) is 0 Å². The highest BCUT2D eigenvalue weighted by molar-refractivity contribution is 6.31. The van der Waals surface area contributed by atoms with Crippen molar-refractivity contribution >= 4 is 17.3 Å². The van der Waals surface area contributed by atoms with Gasteiger partial charge in [-0.15, -0.1) is 0 Å². The number of aliphatic hydroxyl groups excluding tert-OH is 1. The van der Waals surface area contributed by atoms with E-state index >= 15 is 0 Å². The van der Waals surface area contributed by atoms with E-state index in [2.05, 4.69) is 5.32 Å². The minimum absolute atomic E-state index is 0.0107. The van der Waals surface area contributed by atoms with Gasteiger partial charge in [-0.2, -0.15) is 0 Å². The van der Waals surface area contributed by atoms with Crippen molar-refractivity contribution in [1.29, 1.82) is 0 Å². The zero-order valence-corrected chi connectivity index (χ0v) is 13.1. The minimum atomic E-state index is 0.0107. The molecule has 1 saturated carbocycles. The molecule has 0 unspecified atom stereocenters. The maximum Gasteiger partial charge on any atom is 0.143 e. The van der Waals surface area contributed by atoms with Crippen molar-refractivity contribution in [2.75, 3.05) is 25.6 Å². The summed E-state index contributed by atoms with van der Waals surface area (Å²) >= 11 is 6.12. The third-order valence-corrected chi connectivity index (χ3v) is 4.79. The van der Waals surface area contributed by atoms with Gasteiger partial charge in [-0.25, -0.2) is 0 Å². The molecule has 1 fully saturated rings. The number of aryl methyl sites for hydroxylation is 1. The lowest BCUT2D eigenvalue weighted by Gasteiger charge is -2.36. The Morgan fingerprint density at radius 2 is 2.00 bits per heavy atom. The molecule has 2 rings (SSSR count). The molecule has 1 aromatic rings. The molecule has 2 N–H and O–H groups in total. The van der Waals surface area contributed by atoms with E-state index in [9.17, 15) is 5.11 Å². The van der Waals surface area contributed by atoms with Crippen LogP contribution in [0.2, 0.25) is 5.02 Å². The lowest BCUT2D eigenvalue weighted by molar-refractivity contribution is 0.0943. The van der Waals surface area contributed by atoms with Gasteiger partial charge < -0.3 is 15.2 Å². The number of hydrogen-bond acceptors (Lipinski definition) is 3. The van der Waals surface area contributed by atoms with Crippen LogP contribution in [0.1, 0.15) is 37.7 Å². The number of rotatable bonds is 5. The third kappa shape index (κ3) is 3.39. The number of benzene rings is 1. The summed E-state index contributed by atoms with van der Waals surface area (Å²) in [5, 5.41) is 13.9. The van der Waals surface area contributed by atoms with Crippen molar-refractivity contribution in [3.63, 3.8) is 0 Å². The Morgan fingerprint density at radius 1 is 1.30 bits per heavy atom. The van der Waals surface area contributed by atoms with Gasteiger partial charge in [-0.05, 0) is 31.4 Å². The molecule has 4 heteroatoms. The summed E-state index contributed by atoms with van der Waals surface area (Å²) in [6.07, 6.45) is 5.87. The fourth-order valence-electron chi connectivity index (χ4n) is 2.95. The Hall–Kier alpha value is -0.930. The number of anilines is 1. The van der Waals surface area contributed by atoms with Crippen LogP contribution in [0.15, 0.2) is 12.1 Å². The molecule has 0 heterocycles. The molecule has 0 aromatic heterocycles. The van der Waals surface area contributed by atoms with Gasteiger partial charge in [-0.1, -0.05) is 30.9 Å². The first-order chi connectivity index (χ1) is 9.60. The summed E-state index contributed by atoms with van der Waals surface area (Å²) in [5.74, 6) is 0.754. The van der Waals surface area contributed by atoms with Crippen LogP contribution in [0.3, 0.4) is 0 Å². The average molecular weight is 298 g/mol. The third-order valence-electron chi connectivity index (χ3n) is 4.38. The SMILES string of the molecule is COc1cc(Cl)c(C)cc1NCC1(CO)CCCCC1. The van der Waals surface area contributed by atoms with Gasteiger partial charge in [0.05, 0.1) is 19.4 Å². The second-order valence-corrected chi connectivity index (χ2v) is 6.28. The molecule has 0 atom stereocenters. The highest BCUT2D eigenvalue weighted by atomic mass is 35.5. The largest absolute Gasteiger partial charge is 0.495 e. The highest BCUT2D eigenvalue weighted by Crippen LogP contribution is 2.37. The predicted molar refractivity (Wildman–Crippen MR) is 83.8 cm³/mol. The first kappa shape index (κ1) is 15.5. The zero-order chi connectivity index (χ0) is 14.6. The van der Waals surface area contributed by atoms with Crippen LogP contribution >= 0.6 is 11.6 Å². The number of ether oxygens (including phenoxy) is 1. The Kier molecular flexibility index (Phi) is 5.17. The lowest BCUT2D eigenvalue weighted by atomic mass is 9.74. The molecule has 1 aromatic carbocycles. The van der Waals surface area contributed by atoms with E-state index in [1.54, 1.807) is 7.11 Å². The van der Waals surface area contributed by atoms with Crippen LogP contribution in [-0.4, -0.2) is 25.4 Å². The number of halogens is 1. The van der Waals surface area contributed by atoms with Crippen LogP contribution in [0.25, 0.3) is 0 Å². The molecule has 0 bridgehead atoms. The van der Waals surface area contributed by atoms with Crippen LogP contribution in [0.5, 0.6) is 5.75 Å². The van der Waals surface area contributed by atoms with Crippen LogP contribution in [-0.2, 0) is 0 Å². The first-order valence-corrected chi connectivity index (χ1v) is 7.67. The molecule has 0 radical (unpaired) electrons. The number of aliphatic hydroxyl groups is 1. The summed E-state index contributed by atoms with van der Waals surface area (Å²) in [6, 6.07) is 3.85. The summed E-state index contributed by atoms with van der Waals surface area (Å²) in [7, 11) is 1.65. The predicted octanol–water partition coefficient (Wildman–Crippen LogP) is 4.01. The normalized spacial score (nSPS) is 17.8. The van der Waals surface area contributed by atoms with Crippen molar-refractivity contribution in [3.8, 4) is 5.75 Å². The first-order valence-electron chi connectivity index (χ1n) is 7.29. The second kappa shape index (κ2) is 6.68. The Morgan fingerprint density at radius 3 is 2.60 bits per heavy atom. The molecule has 3 nitrogen and oxygen atoms in total. The Balaban J connectivity index is 2.11. The van der Waals surface area contributed by atoms with Crippen molar-refractivity contribution < 1.29 is 9.84 Å². The summed E-state index contributed by atoms with van der Waals surface area (Å²) in [6.45, 7) is 3.01. The van der Waals surface area contributed by atoms with Gasteiger partial charge in [0, 0.05) is 23.0 Å². The fourth-order valence-corrected chi connectivity index (χ4v) is 3.10. The van der Waals surface area contributed by atoms with E-state index in [1.807, 2.05) is 19.1 Å². The number of hydrogen-bond donors (Lipinski definition) is 2. The maximum atomic E-state index is 9.75. The van der Waals surface area contributed by atoms with Crippen molar-refractivity contribution in [2.24, 2.45) is 5.41 Å². The molecule has 1 aliphatic carbocycles. The standard InChI is InChI=1S/C16H24ClNO2/c1-12-8-14(15(20-2)9-13(12)17)18-10-16(11-19)6-4-3-5-7-16/h8-9,18-19H,3-7,10-11H2,1-2H3. The van der Waals surface area contributed by atoms with Crippen LogP contribution in [0.4, 0.5) is 5.69 Å². The average Bonchev–Trinajstić information content (AvgIpc) is 2.49. The van der Waals surface area contributed by atoms with Crippen molar-refractivity contribution in [2.45, 2.75) is 39.0 Å². The molecular formula is C16H24ClNO2. The van der Waals surface area contributed by atoms with Gasteiger partial charge in [0.1, 0.15) is 5.75 Å². The molecule has 0 aliphatic heterocycles. The number of methoxy groups -OCH3 is 1. The van der Waals surface area contributed by atoms with Crippen molar-refractivity contribution in [3.05, 3.63) is 22.7 Å². The lowest BCUT2D eigenvalue weighted by Crippen LogP contribution is -2.35. The van der Waals surface area contributed by atoms with Gasteiger partial charge in [0.2, 0.25) is 0 Å². The molecule has 112 valence electrons. The Bertz CT molecular complexity index is 456. The minimum Gasteiger partial charge on any atom is -0.495 e. The van der Waals surface area contributed by atoms with E-state index in [0.717, 1.165) is 36.4 Å². The molecule has 20 heavy (non-hydrogen) atoms. The summed E-state index contributed by atoms with van der Waals surface area (Å²) in [4.78, 5) is 0. The van der Waals surface area contributed by atoms with E-state index in [0.29, 0.717) is 5.02 Å². The second-order valence-electron chi connectivity index (χ2n) is 5.87. The van der Waals surface area contributed by atoms with Gasteiger partial charge >= 0.3 is 0 Å². The van der Waals surface area contributed by atoms with E-state index < -0.39 is 0 Å². The quantitative estimate of drug-likeness (QED) is 0.863. The fraction of sp³-hybridized carbons (Fsp3) is 0.625. The molecule has 1 aliphatic rings. The molecule has 0 amide bonds. The van der Waals surface area contributed by atoms with Crippen LogP contribution < -0.4 is 10.1 Å². The highest BCUT2D eigenvalue weighted by Gasteiger charge is 2.31. The molecular weight excluding hydrogens is 274 g/mol. The number of nitrogens with one attached hydrogen (secondary N) is 1. The monoisotopic (exact) mass is 297 g/mol. The van der Waals surface area contributed by atoms with E-state index in [1.165, 1.54) is 19.3 Å².